The molecule has 2 aromatic rings. The smallest absolute Gasteiger partial charge is 0.257 e. The molecular formula is C17H21N3O5S2. The minimum absolute atomic E-state index is 0.157. The Balaban J connectivity index is 1.85. The first-order valence-electron chi connectivity index (χ1n) is 8.38. The third kappa shape index (κ3) is 4.06. The lowest BCUT2D eigenvalue weighted by molar-refractivity contribution is 0.0701. The Morgan fingerprint density at radius 1 is 1.30 bits per heavy atom. The molecule has 1 aromatic carbocycles. The van der Waals surface area contributed by atoms with E-state index >= 15 is 0 Å². The highest BCUT2D eigenvalue weighted by atomic mass is 32.2. The van der Waals surface area contributed by atoms with E-state index in [0.717, 1.165) is 30.6 Å². The number of hydrogen-bond donors (Lipinski definition) is 0. The van der Waals surface area contributed by atoms with Crippen LogP contribution in [-0.2, 0) is 9.84 Å². The number of ether oxygens (including phenoxy) is 2. The summed E-state index contributed by atoms with van der Waals surface area (Å²) in [5.41, 5.74) is 0.903. The minimum atomic E-state index is -3.39. The summed E-state index contributed by atoms with van der Waals surface area (Å²) < 4.78 is 38.4. The molecule has 0 unspecified atom stereocenters. The normalized spacial score (nSPS) is 17.6. The Hall–Kier alpha value is -2.20. The molecule has 146 valence electrons. The Kier molecular flexibility index (Phi) is 5.66. The molecule has 2 heterocycles. The summed E-state index contributed by atoms with van der Waals surface area (Å²) in [6.45, 7) is 0.984. The quantitative estimate of drug-likeness (QED) is 0.742. The molecule has 0 bridgehead atoms. The van der Waals surface area contributed by atoms with Crippen molar-refractivity contribution in [3.8, 4) is 11.5 Å². The van der Waals surface area contributed by atoms with E-state index in [1.807, 2.05) is 0 Å². The minimum Gasteiger partial charge on any atom is -0.497 e. The molecule has 0 radical (unpaired) electrons. The summed E-state index contributed by atoms with van der Waals surface area (Å²) in [6.07, 6.45) is 2.67. The van der Waals surface area contributed by atoms with Gasteiger partial charge in [0.1, 0.15) is 11.5 Å². The van der Waals surface area contributed by atoms with Gasteiger partial charge in [-0.2, -0.15) is 0 Å². The van der Waals surface area contributed by atoms with Crippen molar-refractivity contribution in [2.75, 3.05) is 33.6 Å². The summed E-state index contributed by atoms with van der Waals surface area (Å²) in [6, 6.07) is 5.06. The fourth-order valence-electron chi connectivity index (χ4n) is 3.23. The summed E-state index contributed by atoms with van der Waals surface area (Å²) >= 11 is 0.880. The van der Waals surface area contributed by atoms with E-state index in [-0.39, 0.29) is 16.0 Å². The van der Waals surface area contributed by atoms with Gasteiger partial charge < -0.3 is 14.4 Å². The van der Waals surface area contributed by atoms with Gasteiger partial charge in [-0.05, 0) is 25.0 Å². The molecule has 3 rings (SSSR count). The molecule has 1 saturated heterocycles. The highest BCUT2D eigenvalue weighted by Crippen LogP contribution is 2.33. The molecule has 27 heavy (non-hydrogen) atoms. The third-order valence-corrected chi connectivity index (χ3v) is 7.11. The van der Waals surface area contributed by atoms with Crippen LogP contribution in [0.5, 0.6) is 11.5 Å². The van der Waals surface area contributed by atoms with Crippen LogP contribution in [0.25, 0.3) is 0 Å². The lowest BCUT2D eigenvalue weighted by Gasteiger charge is -2.32. The van der Waals surface area contributed by atoms with Gasteiger partial charge in [-0.1, -0.05) is 4.49 Å². The fraction of sp³-hybridized carbons (Fsp3) is 0.471. The van der Waals surface area contributed by atoms with Crippen LogP contribution in [0.2, 0.25) is 0 Å². The summed E-state index contributed by atoms with van der Waals surface area (Å²) in [5, 5.41) is 4.04. The van der Waals surface area contributed by atoms with Crippen LogP contribution in [0, 0.1) is 0 Å². The van der Waals surface area contributed by atoms with E-state index in [4.69, 9.17) is 9.47 Å². The predicted octanol–water partition coefficient (Wildman–Crippen LogP) is 1.98. The van der Waals surface area contributed by atoms with Gasteiger partial charge in [0.2, 0.25) is 0 Å². The first-order chi connectivity index (χ1) is 12.8. The van der Waals surface area contributed by atoms with Gasteiger partial charge in [-0.25, -0.2) is 8.42 Å². The average molecular weight is 412 g/mol. The second kappa shape index (κ2) is 7.81. The topological polar surface area (TPSA) is 98.7 Å². The molecule has 1 aliphatic heterocycles. The second-order valence-electron chi connectivity index (χ2n) is 6.37. The van der Waals surface area contributed by atoms with Gasteiger partial charge >= 0.3 is 0 Å². The molecule has 10 heteroatoms. The zero-order valence-corrected chi connectivity index (χ0v) is 17.0. The monoisotopic (exact) mass is 411 g/mol. The number of rotatable bonds is 5. The number of sulfone groups is 1. The lowest BCUT2D eigenvalue weighted by Crippen LogP contribution is -2.39. The van der Waals surface area contributed by atoms with E-state index in [9.17, 15) is 13.2 Å². The van der Waals surface area contributed by atoms with Gasteiger partial charge in [-0.15, -0.1) is 5.10 Å². The molecule has 1 atom stereocenters. The fourth-order valence-corrected chi connectivity index (χ4v) is 4.96. The molecular weight excluding hydrogens is 390 g/mol. The maximum atomic E-state index is 13.0. The number of carbonyl (C=O) groups excluding carboxylic acids is 1. The van der Waals surface area contributed by atoms with Crippen molar-refractivity contribution in [3.05, 3.63) is 29.5 Å². The van der Waals surface area contributed by atoms with Crippen LogP contribution in [0.3, 0.4) is 0 Å². The first kappa shape index (κ1) is 19.6. The van der Waals surface area contributed by atoms with Crippen LogP contribution < -0.4 is 9.47 Å². The van der Waals surface area contributed by atoms with Gasteiger partial charge in [0, 0.05) is 42.9 Å². The Labute approximate surface area is 162 Å². The first-order valence-corrected chi connectivity index (χ1v) is 11.0. The summed E-state index contributed by atoms with van der Waals surface area (Å²) in [5.74, 6) is 0.721. The Morgan fingerprint density at radius 2 is 2.07 bits per heavy atom. The van der Waals surface area contributed by atoms with Crippen molar-refractivity contribution >= 4 is 27.3 Å². The third-order valence-electron chi connectivity index (χ3n) is 4.55. The molecule has 0 aliphatic carbocycles. The molecule has 8 nitrogen and oxygen atoms in total. The van der Waals surface area contributed by atoms with Gasteiger partial charge in [0.25, 0.3) is 5.91 Å². The van der Waals surface area contributed by atoms with E-state index in [1.165, 1.54) is 7.11 Å². The van der Waals surface area contributed by atoms with Crippen LogP contribution in [0.15, 0.2) is 22.4 Å². The van der Waals surface area contributed by atoms with Gasteiger partial charge in [0.15, 0.2) is 14.0 Å². The molecule has 1 aromatic heterocycles. The molecule has 0 spiro atoms. The van der Waals surface area contributed by atoms with E-state index < -0.39 is 9.84 Å². The van der Waals surface area contributed by atoms with Crippen LogP contribution in [0.4, 0.5) is 0 Å². The zero-order chi connectivity index (χ0) is 19.6. The molecule has 0 saturated carbocycles. The van der Waals surface area contributed by atoms with E-state index in [0.29, 0.717) is 35.8 Å². The number of amides is 1. The standard InChI is InChI=1S/C17H21N3O5S2/c1-24-12-6-7-13(14(9-12)25-2)16(21)20-8-4-5-11(10-20)15-17(26-19-18-15)27(3,22)23/h6-7,9,11H,4-5,8,10H2,1-3H3/t11-/m1/s1. The molecule has 0 N–H and O–H groups in total. The highest BCUT2D eigenvalue weighted by molar-refractivity contribution is 7.92. The van der Waals surface area contributed by atoms with Crippen LogP contribution in [-0.4, -0.2) is 62.4 Å². The SMILES string of the molecule is COc1ccc(C(=O)N2CCC[C@@H](c3nnsc3S(C)(=O)=O)C2)c(OC)c1. The van der Waals surface area contributed by atoms with Crippen molar-refractivity contribution in [2.24, 2.45) is 0 Å². The maximum Gasteiger partial charge on any atom is 0.257 e. The van der Waals surface area contributed by atoms with Gasteiger partial charge in [0.05, 0.1) is 25.5 Å². The molecule has 1 amide bonds. The van der Waals surface area contributed by atoms with E-state index in [1.54, 1.807) is 30.2 Å². The predicted molar refractivity (Wildman–Crippen MR) is 100 cm³/mol. The van der Waals surface area contributed by atoms with Crippen molar-refractivity contribution in [3.63, 3.8) is 0 Å². The van der Waals surface area contributed by atoms with Gasteiger partial charge in [-0.3, -0.25) is 4.79 Å². The number of carbonyl (C=O) groups is 1. The number of hydrogen-bond acceptors (Lipinski definition) is 8. The van der Waals surface area contributed by atoms with Crippen molar-refractivity contribution in [1.82, 2.24) is 14.5 Å². The van der Waals surface area contributed by atoms with Crippen molar-refractivity contribution in [1.29, 1.82) is 0 Å². The van der Waals surface area contributed by atoms with E-state index in [2.05, 4.69) is 9.59 Å². The number of nitrogens with zero attached hydrogens (tertiary/aromatic N) is 3. The summed E-state index contributed by atoms with van der Waals surface area (Å²) in [4.78, 5) is 14.7. The number of aromatic nitrogens is 2. The summed E-state index contributed by atoms with van der Waals surface area (Å²) in [7, 11) is -0.339. The second-order valence-corrected chi connectivity index (χ2v) is 9.34. The van der Waals surface area contributed by atoms with Crippen molar-refractivity contribution < 1.29 is 22.7 Å². The highest BCUT2D eigenvalue weighted by Gasteiger charge is 2.32. The number of piperidine rings is 1. The maximum absolute atomic E-state index is 13.0. The Bertz CT molecular complexity index is 942. The zero-order valence-electron chi connectivity index (χ0n) is 15.3. The molecule has 1 fully saturated rings. The Morgan fingerprint density at radius 3 is 2.74 bits per heavy atom. The number of likely N-dealkylation sites (tertiary alicyclic amines) is 1. The number of methoxy groups -OCH3 is 2. The average Bonchev–Trinajstić information content (AvgIpc) is 3.17. The molecule has 1 aliphatic rings. The van der Waals surface area contributed by atoms with Crippen LogP contribution in [0.1, 0.15) is 34.8 Å². The largest absolute Gasteiger partial charge is 0.497 e. The van der Waals surface area contributed by atoms with Crippen LogP contribution >= 0.6 is 11.5 Å². The van der Waals surface area contributed by atoms with Crippen molar-refractivity contribution in [2.45, 2.75) is 23.0 Å². The lowest BCUT2D eigenvalue weighted by atomic mass is 9.95. The number of benzene rings is 1.